The Hall–Kier alpha value is -3.48. The van der Waals surface area contributed by atoms with Crippen LogP contribution in [0.5, 0.6) is 0 Å². The predicted octanol–water partition coefficient (Wildman–Crippen LogP) is 2.47. The fourth-order valence-electron chi connectivity index (χ4n) is 2.68. The normalized spacial score (nSPS) is 11.0. The minimum absolute atomic E-state index is 0.212. The fourth-order valence-corrected chi connectivity index (χ4v) is 2.68. The maximum Gasteiger partial charge on any atom is 0.247 e. The molecule has 0 aliphatic carbocycles. The smallest absolute Gasteiger partial charge is 0.247 e. The molecule has 0 aliphatic rings. The Morgan fingerprint density at radius 2 is 2.04 bits per heavy atom. The number of nitrogens with two attached hydrogens (primary N) is 1. The lowest BCUT2D eigenvalue weighted by atomic mass is 10.0. The molecule has 7 heteroatoms. The summed E-state index contributed by atoms with van der Waals surface area (Å²) in [5, 5.41) is 0. The van der Waals surface area contributed by atoms with E-state index in [0.29, 0.717) is 28.2 Å². The van der Waals surface area contributed by atoms with Crippen LogP contribution < -0.4 is 11.3 Å². The van der Waals surface area contributed by atoms with Crippen molar-refractivity contribution in [1.82, 2.24) is 19.4 Å². The SMILES string of the molecule is Nc1nc(-c2cccc(F)c2)c(-c2ccc(=O)[nH]c2)n2ccnc12. The first-order valence-electron chi connectivity index (χ1n) is 7.21. The molecule has 0 fully saturated rings. The number of rotatable bonds is 2. The number of pyridine rings is 1. The standard InChI is InChI=1S/C17H12FN5O/c18-12-3-1-2-10(8-12)14-15(11-4-5-13(24)21-9-11)23-7-6-20-17(23)16(19)22-14/h1-9H,(H2,19,22)(H,21,24). The highest BCUT2D eigenvalue weighted by Crippen LogP contribution is 2.32. The molecule has 3 N–H and O–H groups in total. The molecule has 0 radical (unpaired) electrons. The van der Waals surface area contributed by atoms with Gasteiger partial charge in [-0.25, -0.2) is 14.4 Å². The van der Waals surface area contributed by atoms with E-state index in [1.54, 1.807) is 41.2 Å². The van der Waals surface area contributed by atoms with E-state index in [1.165, 1.54) is 18.2 Å². The summed E-state index contributed by atoms with van der Waals surface area (Å²) in [6, 6.07) is 9.21. The van der Waals surface area contributed by atoms with Gasteiger partial charge in [0.15, 0.2) is 11.5 Å². The third-order valence-corrected chi connectivity index (χ3v) is 3.72. The summed E-state index contributed by atoms with van der Waals surface area (Å²) in [4.78, 5) is 22.6. The van der Waals surface area contributed by atoms with Crippen LogP contribution in [-0.2, 0) is 0 Å². The molecule has 0 aliphatic heterocycles. The largest absolute Gasteiger partial charge is 0.381 e. The van der Waals surface area contributed by atoms with Crippen LogP contribution in [0, 0.1) is 5.82 Å². The number of nitrogens with zero attached hydrogens (tertiary/aromatic N) is 3. The number of anilines is 1. The van der Waals surface area contributed by atoms with Gasteiger partial charge in [-0.15, -0.1) is 0 Å². The summed E-state index contributed by atoms with van der Waals surface area (Å²) in [7, 11) is 0. The molecule has 24 heavy (non-hydrogen) atoms. The summed E-state index contributed by atoms with van der Waals surface area (Å²) < 4.78 is 15.4. The second-order valence-electron chi connectivity index (χ2n) is 5.27. The number of nitrogen functional groups attached to an aromatic ring is 1. The van der Waals surface area contributed by atoms with Crippen molar-refractivity contribution in [2.45, 2.75) is 0 Å². The minimum Gasteiger partial charge on any atom is -0.381 e. The molecule has 0 unspecified atom stereocenters. The van der Waals surface area contributed by atoms with Crippen LogP contribution in [0.1, 0.15) is 0 Å². The molecule has 6 nitrogen and oxygen atoms in total. The molecule has 4 rings (SSSR count). The van der Waals surface area contributed by atoms with Gasteiger partial charge in [-0.2, -0.15) is 0 Å². The molecule has 0 atom stereocenters. The quantitative estimate of drug-likeness (QED) is 0.593. The van der Waals surface area contributed by atoms with E-state index >= 15 is 0 Å². The van der Waals surface area contributed by atoms with Crippen molar-refractivity contribution < 1.29 is 4.39 Å². The summed E-state index contributed by atoms with van der Waals surface area (Å²) in [6.45, 7) is 0. The van der Waals surface area contributed by atoms with E-state index in [4.69, 9.17) is 5.73 Å². The molecule has 118 valence electrons. The Balaban J connectivity index is 2.10. The third kappa shape index (κ3) is 2.23. The van der Waals surface area contributed by atoms with Crippen molar-refractivity contribution >= 4 is 11.5 Å². The molecular formula is C17H12FN5O. The Labute approximate surface area is 135 Å². The van der Waals surface area contributed by atoms with Gasteiger partial charge in [0, 0.05) is 35.8 Å². The average Bonchev–Trinajstić information content (AvgIpc) is 3.06. The van der Waals surface area contributed by atoms with E-state index in [2.05, 4.69) is 15.0 Å². The molecule has 0 amide bonds. The van der Waals surface area contributed by atoms with Crippen LogP contribution in [0.15, 0.2) is 59.8 Å². The van der Waals surface area contributed by atoms with Crippen molar-refractivity contribution in [2.24, 2.45) is 0 Å². The van der Waals surface area contributed by atoms with E-state index in [0.717, 1.165) is 0 Å². The maximum atomic E-state index is 13.7. The number of H-pyrrole nitrogens is 1. The lowest BCUT2D eigenvalue weighted by Gasteiger charge is -2.13. The first kappa shape index (κ1) is 14.1. The molecule has 4 aromatic rings. The van der Waals surface area contributed by atoms with Crippen molar-refractivity contribution in [3.63, 3.8) is 0 Å². The number of halogens is 1. The Morgan fingerprint density at radius 3 is 2.79 bits per heavy atom. The molecule has 1 aromatic carbocycles. The van der Waals surface area contributed by atoms with Crippen LogP contribution in [0.2, 0.25) is 0 Å². The molecular weight excluding hydrogens is 309 g/mol. The number of aromatic amines is 1. The Bertz CT molecular complexity index is 1100. The van der Waals surface area contributed by atoms with Gasteiger partial charge in [-0.05, 0) is 18.2 Å². The van der Waals surface area contributed by atoms with Crippen molar-refractivity contribution in [3.8, 4) is 22.5 Å². The summed E-state index contributed by atoms with van der Waals surface area (Å²) in [5.41, 5.74) is 8.75. The zero-order valence-corrected chi connectivity index (χ0v) is 12.4. The van der Waals surface area contributed by atoms with E-state index in [-0.39, 0.29) is 17.2 Å². The van der Waals surface area contributed by atoms with Gasteiger partial charge in [0.2, 0.25) is 5.56 Å². The third-order valence-electron chi connectivity index (χ3n) is 3.72. The lowest BCUT2D eigenvalue weighted by Crippen LogP contribution is -2.06. The van der Waals surface area contributed by atoms with Gasteiger partial charge in [0.05, 0.1) is 11.4 Å². The number of imidazole rings is 1. The second kappa shape index (κ2) is 5.31. The Morgan fingerprint density at radius 1 is 1.17 bits per heavy atom. The molecule has 0 saturated heterocycles. The fraction of sp³-hybridized carbons (Fsp3) is 0. The van der Waals surface area contributed by atoms with Crippen LogP contribution in [0.4, 0.5) is 10.2 Å². The van der Waals surface area contributed by atoms with Gasteiger partial charge in [-0.3, -0.25) is 9.20 Å². The van der Waals surface area contributed by atoms with Crippen LogP contribution in [0.25, 0.3) is 28.2 Å². The number of hydrogen-bond donors (Lipinski definition) is 2. The van der Waals surface area contributed by atoms with Crippen molar-refractivity contribution in [1.29, 1.82) is 0 Å². The monoisotopic (exact) mass is 321 g/mol. The predicted molar refractivity (Wildman–Crippen MR) is 88.9 cm³/mol. The molecule has 0 saturated carbocycles. The van der Waals surface area contributed by atoms with E-state index in [9.17, 15) is 9.18 Å². The van der Waals surface area contributed by atoms with Crippen molar-refractivity contribution in [3.05, 3.63) is 71.2 Å². The van der Waals surface area contributed by atoms with Gasteiger partial charge < -0.3 is 10.7 Å². The lowest BCUT2D eigenvalue weighted by molar-refractivity contribution is 0.628. The van der Waals surface area contributed by atoms with E-state index in [1.807, 2.05) is 0 Å². The van der Waals surface area contributed by atoms with Gasteiger partial charge in [-0.1, -0.05) is 12.1 Å². The zero-order valence-electron chi connectivity index (χ0n) is 12.4. The molecule has 3 aromatic heterocycles. The van der Waals surface area contributed by atoms with Crippen molar-refractivity contribution in [2.75, 3.05) is 5.73 Å². The molecule has 3 heterocycles. The van der Waals surface area contributed by atoms with Crippen LogP contribution >= 0.6 is 0 Å². The van der Waals surface area contributed by atoms with Gasteiger partial charge >= 0.3 is 0 Å². The highest BCUT2D eigenvalue weighted by atomic mass is 19.1. The topological polar surface area (TPSA) is 89.1 Å². The number of hydrogen-bond acceptors (Lipinski definition) is 4. The zero-order chi connectivity index (χ0) is 16.7. The number of benzene rings is 1. The van der Waals surface area contributed by atoms with E-state index < -0.39 is 0 Å². The van der Waals surface area contributed by atoms with Gasteiger partial charge in [0.25, 0.3) is 0 Å². The second-order valence-corrected chi connectivity index (χ2v) is 5.27. The number of nitrogens with one attached hydrogen (secondary N) is 1. The summed E-state index contributed by atoms with van der Waals surface area (Å²) >= 11 is 0. The first-order chi connectivity index (χ1) is 11.6. The van der Waals surface area contributed by atoms with Crippen LogP contribution in [0.3, 0.4) is 0 Å². The minimum atomic E-state index is -0.369. The summed E-state index contributed by atoms with van der Waals surface area (Å²) in [6.07, 6.45) is 4.94. The highest BCUT2D eigenvalue weighted by Gasteiger charge is 2.17. The average molecular weight is 321 g/mol. The molecule has 0 spiro atoms. The molecule has 0 bridgehead atoms. The maximum absolute atomic E-state index is 13.7. The number of fused-ring (bicyclic) bond motifs is 1. The Kier molecular flexibility index (Phi) is 3.13. The highest BCUT2D eigenvalue weighted by molar-refractivity contribution is 5.82. The number of aromatic nitrogens is 4. The summed E-state index contributed by atoms with van der Waals surface area (Å²) in [5.74, 6) is -0.126. The van der Waals surface area contributed by atoms with Crippen LogP contribution in [-0.4, -0.2) is 19.4 Å². The first-order valence-corrected chi connectivity index (χ1v) is 7.21. The van der Waals surface area contributed by atoms with Gasteiger partial charge in [0.1, 0.15) is 5.82 Å².